The maximum atomic E-state index is 12.3. The Labute approximate surface area is 109 Å². The van der Waals surface area contributed by atoms with Crippen LogP contribution in [0, 0.1) is 5.92 Å². The van der Waals surface area contributed by atoms with E-state index in [-0.39, 0.29) is 11.7 Å². The molecule has 1 saturated heterocycles. The molecular formula is C12H23NO4S. The molecule has 1 aliphatic rings. The van der Waals surface area contributed by atoms with E-state index in [1.807, 2.05) is 13.8 Å². The standard InChI is InChI=1S/C12H23NO4S/c1-3-10(4-2)9-18(16,17)13-8-6-5-7-11(13)12(14)15/h10-11H,3-9H2,1-2H3,(H,14,15). The summed E-state index contributed by atoms with van der Waals surface area (Å²) in [4.78, 5) is 11.1. The fourth-order valence-corrected chi connectivity index (χ4v) is 4.65. The Kier molecular flexibility index (Phi) is 5.59. The lowest BCUT2D eigenvalue weighted by Crippen LogP contribution is -2.49. The summed E-state index contributed by atoms with van der Waals surface area (Å²) in [6.45, 7) is 4.28. The van der Waals surface area contributed by atoms with Gasteiger partial charge in [0.25, 0.3) is 0 Å². The molecular weight excluding hydrogens is 254 g/mol. The lowest BCUT2D eigenvalue weighted by molar-refractivity contribution is -0.142. The van der Waals surface area contributed by atoms with E-state index < -0.39 is 22.0 Å². The van der Waals surface area contributed by atoms with Crippen LogP contribution in [0.25, 0.3) is 0 Å². The van der Waals surface area contributed by atoms with Crippen molar-refractivity contribution in [2.75, 3.05) is 12.3 Å². The van der Waals surface area contributed by atoms with E-state index in [4.69, 9.17) is 5.11 Å². The Morgan fingerprint density at radius 3 is 2.44 bits per heavy atom. The van der Waals surface area contributed by atoms with Gasteiger partial charge in [-0.2, -0.15) is 4.31 Å². The Bertz CT molecular complexity index is 376. The molecule has 0 bridgehead atoms. The molecule has 1 rings (SSSR count). The maximum Gasteiger partial charge on any atom is 0.322 e. The van der Waals surface area contributed by atoms with Gasteiger partial charge in [0.15, 0.2) is 0 Å². The largest absolute Gasteiger partial charge is 0.480 e. The molecule has 0 radical (unpaired) electrons. The molecule has 106 valence electrons. The van der Waals surface area contributed by atoms with E-state index in [0.29, 0.717) is 13.0 Å². The van der Waals surface area contributed by atoms with Crippen molar-refractivity contribution in [3.05, 3.63) is 0 Å². The highest BCUT2D eigenvalue weighted by molar-refractivity contribution is 7.89. The predicted molar refractivity (Wildman–Crippen MR) is 69.8 cm³/mol. The molecule has 1 unspecified atom stereocenters. The zero-order valence-electron chi connectivity index (χ0n) is 11.1. The van der Waals surface area contributed by atoms with E-state index in [2.05, 4.69) is 0 Å². The quantitative estimate of drug-likeness (QED) is 0.801. The molecule has 0 aliphatic carbocycles. The Morgan fingerprint density at radius 1 is 1.33 bits per heavy atom. The van der Waals surface area contributed by atoms with E-state index in [1.54, 1.807) is 0 Å². The summed E-state index contributed by atoms with van der Waals surface area (Å²) in [5.41, 5.74) is 0. The van der Waals surface area contributed by atoms with Crippen LogP contribution in [0.2, 0.25) is 0 Å². The minimum absolute atomic E-state index is 0.0732. The van der Waals surface area contributed by atoms with Crippen LogP contribution in [-0.4, -0.2) is 42.1 Å². The zero-order valence-corrected chi connectivity index (χ0v) is 11.9. The number of aliphatic carboxylic acids is 1. The van der Waals surface area contributed by atoms with Crippen LogP contribution in [0.5, 0.6) is 0 Å². The number of piperidine rings is 1. The Balaban J connectivity index is 2.84. The van der Waals surface area contributed by atoms with Crippen molar-refractivity contribution >= 4 is 16.0 Å². The second kappa shape index (κ2) is 6.52. The molecule has 0 aromatic carbocycles. The summed E-state index contributed by atoms with van der Waals surface area (Å²) >= 11 is 0. The first-order valence-electron chi connectivity index (χ1n) is 6.64. The summed E-state index contributed by atoms with van der Waals surface area (Å²) in [6, 6.07) is -0.863. The SMILES string of the molecule is CCC(CC)CS(=O)(=O)N1CCCCC1C(=O)O. The number of rotatable bonds is 6. The van der Waals surface area contributed by atoms with Gasteiger partial charge in [0.05, 0.1) is 5.75 Å². The van der Waals surface area contributed by atoms with Gasteiger partial charge in [-0.3, -0.25) is 4.79 Å². The van der Waals surface area contributed by atoms with Crippen molar-refractivity contribution in [2.45, 2.75) is 52.0 Å². The van der Waals surface area contributed by atoms with Gasteiger partial charge in [0.1, 0.15) is 6.04 Å². The molecule has 0 aromatic heterocycles. The molecule has 1 N–H and O–H groups in total. The summed E-state index contributed by atoms with van der Waals surface area (Å²) < 4.78 is 25.8. The highest BCUT2D eigenvalue weighted by Gasteiger charge is 2.37. The number of carbonyl (C=O) groups is 1. The molecule has 1 atom stereocenters. The van der Waals surface area contributed by atoms with E-state index >= 15 is 0 Å². The van der Waals surface area contributed by atoms with Crippen molar-refractivity contribution in [2.24, 2.45) is 5.92 Å². The van der Waals surface area contributed by atoms with Crippen molar-refractivity contribution in [1.82, 2.24) is 4.31 Å². The minimum atomic E-state index is -3.45. The Hall–Kier alpha value is -0.620. The van der Waals surface area contributed by atoms with Gasteiger partial charge >= 0.3 is 5.97 Å². The average Bonchev–Trinajstić information content (AvgIpc) is 2.36. The molecule has 1 heterocycles. The first-order valence-corrected chi connectivity index (χ1v) is 8.25. The second-order valence-corrected chi connectivity index (χ2v) is 6.89. The molecule has 1 aliphatic heterocycles. The first kappa shape index (κ1) is 15.4. The molecule has 18 heavy (non-hydrogen) atoms. The summed E-state index contributed by atoms with van der Waals surface area (Å²) in [7, 11) is -3.45. The maximum absolute atomic E-state index is 12.3. The molecule has 5 nitrogen and oxygen atoms in total. The lowest BCUT2D eigenvalue weighted by atomic mass is 10.1. The molecule has 6 heteroatoms. The predicted octanol–water partition coefficient (Wildman–Crippen LogP) is 1.69. The molecule has 1 fully saturated rings. The second-order valence-electron chi connectivity index (χ2n) is 4.92. The number of hydrogen-bond donors (Lipinski definition) is 1. The van der Waals surface area contributed by atoms with Crippen LogP contribution >= 0.6 is 0 Å². The molecule has 0 aromatic rings. The minimum Gasteiger partial charge on any atom is -0.480 e. The monoisotopic (exact) mass is 277 g/mol. The fourth-order valence-electron chi connectivity index (χ4n) is 2.40. The van der Waals surface area contributed by atoms with Gasteiger partial charge in [-0.25, -0.2) is 8.42 Å². The fraction of sp³-hybridized carbons (Fsp3) is 0.917. The van der Waals surface area contributed by atoms with Crippen molar-refractivity contribution in [3.63, 3.8) is 0 Å². The van der Waals surface area contributed by atoms with Gasteiger partial charge in [0, 0.05) is 6.54 Å². The number of carboxylic acid groups (broad SMARTS) is 1. The van der Waals surface area contributed by atoms with Gasteiger partial charge in [-0.15, -0.1) is 0 Å². The zero-order chi connectivity index (χ0) is 13.8. The normalized spacial score (nSPS) is 22.3. The van der Waals surface area contributed by atoms with Crippen molar-refractivity contribution < 1.29 is 18.3 Å². The third-order valence-corrected chi connectivity index (χ3v) is 5.74. The van der Waals surface area contributed by atoms with Crippen molar-refractivity contribution in [1.29, 1.82) is 0 Å². The lowest BCUT2D eigenvalue weighted by Gasteiger charge is -2.32. The first-order chi connectivity index (χ1) is 8.42. The number of sulfonamides is 1. The molecule has 0 amide bonds. The topological polar surface area (TPSA) is 74.7 Å². The number of nitrogens with zero attached hydrogens (tertiary/aromatic N) is 1. The smallest absolute Gasteiger partial charge is 0.322 e. The van der Waals surface area contributed by atoms with Crippen LogP contribution in [0.4, 0.5) is 0 Å². The Morgan fingerprint density at radius 2 is 1.94 bits per heavy atom. The van der Waals surface area contributed by atoms with Gasteiger partial charge in [0.2, 0.25) is 10.0 Å². The highest BCUT2D eigenvalue weighted by atomic mass is 32.2. The third-order valence-electron chi connectivity index (χ3n) is 3.70. The van der Waals surface area contributed by atoms with Gasteiger partial charge in [-0.1, -0.05) is 26.7 Å². The van der Waals surface area contributed by atoms with Gasteiger partial charge in [-0.05, 0) is 25.2 Å². The number of hydrogen-bond acceptors (Lipinski definition) is 3. The highest BCUT2D eigenvalue weighted by Crippen LogP contribution is 2.23. The number of carboxylic acids is 1. The van der Waals surface area contributed by atoms with E-state index in [9.17, 15) is 13.2 Å². The summed E-state index contributed by atoms with van der Waals surface area (Å²) in [5.74, 6) is -0.835. The van der Waals surface area contributed by atoms with Crippen LogP contribution in [0.3, 0.4) is 0 Å². The molecule has 0 saturated carbocycles. The van der Waals surface area contributed by atoms with Crippen LogP contribution in [-0.2, 0) is 14.8 Å². The summed E-state index contributed by atoms with van der Waals surface area (Å²) in [5, 5.41) is 9.11. The summed E-state index contributed by atoms with van der Waals surface area (Å²) in [6.07, 6.45) is 3.58. The van der Waals surface area contributed by atoms with E-state index in [0.717, 1.165) is 25.7 Å². The van der Waals surface area contributed by atoms with Crippen LogP contribution in [0.15, 0.2) is 0 Å². The average molecular weight is 277 g/mol. The molecule has 0 spiro atoms. The third kappa shape index (κ3) is 3.68. The van der Waals surface area contributed by atoms with Crippen molar-refractivity contribution in [3.8, 4) is 0 Å². The van der Waals surface area contributed by atoms with Crippen LogP contribution in [0.1, 0.15) is 46.0 Å². The van der Waals surface area contributed by atoms with E-state index in [1.165, 1.54) is 4.31 Å². The van der Waals surface area contributed by atoms with Gasteiger partial charge < -0.3 is 5.11 Å². The van der Waals surface area contributed by atoms with Crippen LogP contribution < -0.4 is 0 Å².